The normalized spacial score (nSPS) is 13.4. The molecular weight excluding hydrogens is 212 g/mol. The largest absolute Gasteiger partial charge is 0.355 e. The van der Waals surface area contributed by atoms with Gasteiger partial charge in [0.25, 0.3) is 0 Å². The fourth-order valence-corrected chi connectivity index (χ4v) is 2.19. The lowest BCUT2D eigenvalue weighted by Crippen LogP contribution is -2.31. The predicted molar refractivity (Wildman–Crippen MR) is 61.1 cm³/mol. The van der Waals surface area contributed by atoms with Crippen molar-refractivity contribution in [3.8, 4) is 0 Å². The average Bonchev–Trinajstić information content (AvgIpc) is 2.66. The van der Waals surface area contributed by atoms with Gasteiger partial charge in [-0.25, -0.2) is 4.98 Å². The Morgan fingerprint density at radius 3 is 2.60 bits per heavy atom. The fourth-order valence-electron chi connectivity index (χ4n) is 1.36. The summed E-state index contributed by atoms with van der Waals surface area (Å²) < 4.78 is 10.2. The third-order valence-corrected chi connectivity index (χ3v) is 3.41. The Hall–Kier alpha value is -0.490. The number of aryl methyl sites for hydroxylation is 1. The molecule has 0 bridgehead atoms. The van der Waals surface area contributed by atoms with E-state index in [-0.39, 0.29) is 12.3 Å². The van der Waals surface area contributed by atoms with E-state index < -0.39 is 0 Å². The van der Waals surface area contributed by atoms with Crippen molar-refractivity contribution in [1.82, 2.24) is 10.3 Å². The second-order valence-corrected chi connectivity index (χ2v) is 4.22. The van der Waals surface area contributed by atoms with Crippen molar-refractivity contribution >= 4 is 11.3 Å². The van der Waals surface area contributed by atoms with Gasteiger partial charge in [-0.1, -0.05) is 0 Å². The first kappa shape index (κ1) is 12.6. The molecule has 1 unspecified atom stereocenters. The second-order valence-electron chi connectivity index (χ2n) is 3.33. The zero-order valence-corrected chi connectivity index (χ0v) is 10.4. The van der Waals surface area contributed by atoms with Crippen LogP contribution in [0.2, 0.25) is 0 Å². The van der Waals surface area contributed by atoms with Crippen LogP contribution in [0.15, 0.2) is 5.51 Å². The summed E-state index contributed by atoms with van der Waals surface area (Å²) in [6.07, 6.45) is -0.194. The molecule has 4 nitrogen and oxygen atoms in total. The molecule has 0 aliphatic rings. The number of ether oxygens (including phenoxy) is 2. The molecule has 0 radical (unpaired) electrons. The minimum Gasteiger partial charge on any atom is -0.355 e. The molecule has 1 atom stereocenters. The second kappa shape index (κ2) is 6.17. The van der Waals surface area contributed by atoms with Crippen molar-refractivity contribution < 1.29 is 9.47 Å². The van der Waals surface area contributed by atoms with Crippen LogP contribution in [0.1, 0.15) is 23.5 Å². The van der Waals surface area contributed by atoms with Gasteiger partial charge in [0.15, 0.2) is 6.29 Å². The minimum atomic E-state index is -0.194. The van der Waals surface area contributed by atoms with E-state index in [1.165, 1.54) is 4.88 Å². The molecular formula is C10H18N2O2S. The Balaban J connectivity index is 2.42. The molecule has 1 heterocycles. The molecule has 0 saturated carbocycles. The van der Waals surface area contributed by atoms with E-state index in [2.05, 4.69) is 17.2 Å². The summed E-state index contributed by atoms with van der Waals surface area (Å²) >= 11 is 1.67. The summed E-state index contributed by atoms with van der Waals surface area (Å²) in [7, 11) is 3.27. The lowest BCUT2D eigenvalue weighted by Gasteiger charge is -2.18. The lowest BCUT2D eigenvalue weighted by molar-refractivity contribution is -0.0997. The van der Waals surface area contributed by atoms with Crippen LogP contribution < -0.4 is 5.32 Å². The molecule has 5 heteroatoms. The van der Waals surface area contributed by atoms with Crippen molar-refractivity contribution in [1.29, 1.82) is 0 Å². The van der Waals surface area contributed by atoms with Gasteiger partial charge in [0.1, 0.15) is 0 Å². The summed E-state index contributed by atoms with van der Waals surface area (Å²) in [5, 5.41) is 3.35. The Morgan fingerprint density at radius 1 is 1.47 bits per heavy atom. The van der Waals surface area contributed by atoms with Crippen LogP contribution in [0.4, 0.5) is 0 Å². The van der Waals surface area contributed by atoms with Gasteiger partial charge in [0, 0.05) is 31.7 Å². The van der Waals surface area contributed by atoms with E-state index in [9.17, 15) is 0 Å². The van der Waals surface area contributed by atoms with Gasteiger partial charge in [-0.2, -0.15) is 0 Å². The monoisotopic (exact) mass is 230 g/mol. The fraction of sp³-hybridized carbons (Fsp3) is 0.700. The van der Waals surface area contributed by atoms with Crippen molar-refractivity contribution in [3.63, 3.8) is 0 Å². The van der Waals surface area contributed by atoms with E-state index in [1.54, 1.807) is 25.6 Å². The van der Waals surface area contributed by atoms with Crippen LogP contribution in [-0.2, 0) is 9.47 Å². The summed E-state index contributed by atoms with van der Waals surface area (Å²) in [6, 6.07) is 0.283. The molecule has 0 aromatic carbocycles. The number of nitrogens with one attached hydrogen (secondary N) is 1. The number of hydrogen-bond acceptors (Lipinski definition) is 5. The van der Waals surface area contributed by atoms with Gasteiger partial charge < -0.3 is 14.8 Å². The van der Waals surface area contributed by atoms with Crippen LogP contribution in [0.5, 0.6) is 0 Å². The highest BCUT2D eigenvalue weighted by Gasteiger charge is 2.12. The van der Waals surface area contributed by atoms with Crippen LogP contribution in [-0.4, -0.2) is 32.0 Å². The smallest absolute Gasteiger partial charge is 0.169 e. The molecule has 0 saturated heterocycles. The van der Waals surface area contributed by atoms with Crippen molar-refractivity contribution in [2.75, 3.05) is 20.8 Å². The molecule has 0 spiro atoms. The summed E-state index contributed by atoms with van der Waals surface area (Å²) in [5.74, 6) is 0. The van der Waals surface area contributed by atoms with E-state index in [1.807, 2.05) is 12.4 Å². The molecule has 0 amide bonds. The maximum atomic E-state index is 5.10. The van der Waals surface area contributed by atoms with Crippen LogP contribution >= 0.6 is 11.3 Å². The highest BCUT2D eigenvalue weighted by Crippen LogP contribution is 2.20. The molecule has 0 aliphatic heterocycles. The van der Waals surface area contributed by atoms with Gasteiger partial charge in [0.2, 0.25) is 0 Å². The van der Waals surface area contributed by atoms with E-state index in [0.717, 1.165) is 5.69 Å². The molecule has 15 heavy (non-hydrogen) atoms. The zero-order valence-electron chi connectivity index (χ0n) is 9.61. The van der Waals surface area contributed by atoms with Gasteiger partial charge in [-0.3, -0.25) is 0 Å². The highest BCUT2D eigenvalue weighted by molar-refractivity contribution is 7.09. The van der Waals surface area contributed by atoms with Gasteiger partial charge in [-0.05, 0) is 13.8 Å². The SMILES string of the molecule is COC(CNC(C)c1scnc1C)OC. The number of nitrogens with zero attached hydrogens (tertiary/aromatic N) is 1. The number of rotatable bonds is 6. The Bertz CT molecular complexity index is 287. The average molecular weight is 230 g/mol. The third-order valence-electron chi connectivity index (χ3n) is 2.29. The minimum absolute atomic E-state index is 0.194. The van der Waals surface area contributed by atoms with Crippen molar-refractivity contribution in [3.05, 3.63) is 16.1 Å². The third kappa shape index (κ3) is 3.53. The van der Waals surface area contributed by atoms with Gasteiger partial charge in [0.05, 0.1) is 11.2 Å². The first-order chi connectivity index (χ1) is 7.19. The Kier molecular flexibility index (Phi) is 5.17. The Labute approximate surface area is 94.6 Å². The molecule has 1 aromatic rings. The Morgan fingerprint density at radius 2 is 2.13 bits per heavy atom. The molecule has 0 aliphatic carbocycles. The predicted octanol–water partition coefficient (Wildman–Crippen LogP) is 1.72. The quantitative estimate of drug-likeness (QED) is 0.756. The maximum absolute atomic E-state index is 5.10. The van der Waals surface area contributed by atoms with E-state index in [4.69, 9.17) is 9.47 Å². The molecule has 1 rings (SSSR count). The first-order valence-electron chi connectivity index (χ1n) is 4.88. The highest BCUT2D eigenvalue weighted by atomic mass is 32.1. The van der Waals surface area contributed by atoms with Gasteiger partial charge in [-0.15, -0.1) is 11.3 Å². The van der Waals surface area contributed by atoms with Crippen LogP contribution in [0.3, 0.4) is 0 Å². The number of methoxy groups -OCH3 is 2. The first-order valence-corrected chi connectivity index (χ1v) is 5.76. The summed E-state index contributed by atoms with van der Waals surface area (Å²) in [4.78, 5) is 5.49. The summed E-state index contributed by atoms with van der Waals surface area (Å²) in [6.45, 7) is 4.81. The molecule has 0 fully saturated rings. The van der Waals surface area contributed by atoms with Crippen molar-refractivity contribution in [2.45, 2.75) is 26.2 Å². The van der Waals surface area contributed by atoms with Gasteiger partial charge >= 0.3 is 0 Å². The molecule has 1 N–H and O–H groups in total. The molecule has 1 aromatic heterocycles. The number of hydrogen-bond donors (Lipinski definition) is 1. The van der Waals surface area contributed by atoms with Crippen LogP contribution in [0, 0.1) is 6.92 Å². The number of thiazole rings is 1. The standard InChI is InChI=1S/C10H18N2O2S/c1-7(10-8(2)12-6-15-10)11-5-9(13-3)14-4/h6-7,9,11H,5H2,1-4H3. The zero-order chi connectivity index (χ0) is 11.3. The topological polar surface area (TPSA) is 43.4 Å². The number of aromatic nitrogens is 1. The molecule has 86 valence electrons. The van der Waals surface area contributed by atoms with E-state index >= 15 is 0 Å². The lowest BCUT2D eigenvalue weighted by atomic mass is 10.2. The maximum Gasteiger partial charge on any atom is 0.169 e. The van der Waals surface area contributed by atoms with E-state index in [0.29, 0.717) is 6.54 Å². The summed E-state index contributed by atoms with van der Waals surface area (Å²) in [5.41, 5.74) is 2.96. The van der Waals surface area contributed by atoms with Crippen LogP contribution in [0.25, 0.3) is 0 Å². The van der Waals surface area contributed by atoms with Crippen molar-refractivity contribution in [2.24, 2.45) is 0 Å².